The molecule has 0 unspecified atom stereocenters. The van der Waals surface area contributed by atoms with Gasteiger partial charge in [-0.15, -0.1) is 23.2 Å². The molecule has 0 aromatic heterocycles. The molecule has 1 rings (SSSR count). The molecule has 0 fully saturated rings. The van der Waals surface area contributed by atoms with Gasteiger partial charge in [0.25, 0.3) is 0 Å². The number of rotatable bonds is 2. The molecule has 4 heteroatoms. The first-order valence-corrected chi connectivity index (χ1v) is 4.69. The molecular formula is C9H12Cl2NPd-. The van der Waals surface area contributed by atoms with Gasteiger partial charge in [0.05, 0.1) is 5.34 Å². The van der Waals surface area contributed by atoms with E-state index in [1.807, 2.05) is 24.3 Å². The average Bonchev–Trinajstić information content (AvgIpc) is 2.08. The van der Waals surface area contributed by atoms with Crippen LogP contribution in [0.3, 0.4) is 0 Å². The maximum Gasteiger partial charge on any atom is 0.0967 e. The van der Waals surface area contributed by atoms with Crippen molar-refractivity contribution in [2.45, 2.75) is 6.42 Å². The molecule has 0 amide bonds. The predicted molar refractivity (Wildman–Crippen MR) is 54.6 cm³/mol. The number of nitrogens with two attached hydrogens (primary N) is 1. The Balaban J connectivity index is 0. The number of alkyl halides is 2. The summed E-state index contributed by atoms with van der Waals surface area (Å²) in [5, 5.41) is 0.194. The summed E-state index contributed by atoms with van der Waals surface area (Å²) in [6.07, 6.45) is 0.931. The van der Waals surface area contributed by atoms with E-state index in [2.05, 4.69) is 6.07 Å². The van der Waals surface area contributed by atoms with Crippen molar-refractivity contribution in [2.75, 3.05) is 11.9 Å². The number of hydrogen-bond acceptors (Lipinski definition) is 1. The Hall–Kier alpha value is 0.422. The van der Waals surface area contributed by atoms with Gasteiger partial charge in [0, 0.05) is 20.4 Å². The Labute approximate surface area is 103 Å². The number of benzene rings is 1. The summed E-state index contributed by atoms with van der Waals surface area (Å²) in [5.41, 5.74) is 6.53. The molecule has 0 atom stereocenters. The molecule has 1 nitrogen and oxygen atoms in total. The van der Waals surface area contributed by atoms with E-state index in [9.17, 15) is 0 Å². The van der Waals surface area contributed by atoms with Crippen molar-refractivity contribution in [2.24, 2.45) is 5.73 Å². The van der Waals surface area contributed by atoms with E-state index in [1.165, 1.54) is 5.56 Å². The van der Waals surface area contributed by atoms with Gasteiger partial charge in [0.1, 0.15) is 0 Å². The maximum atomic E-state index is 5.34. The fourth-order valence-electron chi connectivity index (χ4n) is 0.742. The Morgan fingerprint density at radius 3 is 2.31 bits per heavy atom. The van der Waals surface area contributed by atoms with Crippen LogP contribution in [0.15, 0.2) is 24.3 Å². The average molecular weight is 312 g/mol. The summed E-state index contributed by atoms with van der Waals surface area (Å²) in [4.78, 5) is 0. The first kappa shape index (κ1) is 15.9. The van der Waals surface area contributed by atoms with Crippen LogP contribution in [0, 0.1) is 6.07 Å². The first-order valence-electron chi connectivity index (χ1n) is 3.62. The van der Waals surface area contributed by atoms with Gasteiger partial charge in [-0.3, -0.25) is 0 Å². The van der Waals surface area contributed by atoms with E-state index in [4.69, 9.17) is 28.9 Å². The molecule has 13 heavy (non-hydrogen) atoms. The minimum atomic E-state index is 0. The minimum absolute atomic E-state index is 0. The Morgan fingerprint density at radius 1 is 1.31 bits per heavy atom. The molecule has 0 saturated heterocycles. The zero-order valence-electron chi connectivity index (χ0n) is 7.08. The molecule has 0 aliphatic carbocycles. The molecular weight excluding hydrogens is 299 g/mol. The monoisotopic (exact) mass is 310 g/mol. The summed E-state index contributed by atoms with van der Waals surface area (Å²) in [6, 6.07) is 11.0. The number of hydrogen-bond donors (Lipinski definition) is 1. The van der Waals surface area contributed by atoms with Crippen molar-refractivity contribution in [1.29, 1.82) is 0 Å². The van der Waals surface area contributed by atoms with Crippen molar-refractivity contribution in [3.05, 3.63) is 35.9 Å². The van der Waals surface area contributed by atoms with Gasteiger partial charge >= 0.3 is 0 Å². The topological polar surface area (TPSA) is 26.0 Å². The van der Waals surface area contributed by atoms with Crippen LogP contribution < -0.4 is 5.73 Å². The molecule has 0 saturated carbocycles. The van der Waals surface area contributed by atoms with Gasteiger partial charge in [-0.25, -0.2) is 0 Å². The Kier molecular flexibility index (Phi) is 15.2. The predicted octanol–water partition coefficient (Wildman–Crippen LogP) is 2.41. The molecule has 0 spiro atoms. The molecule has 0 bridgehead atoms. The van der Waals surface area contributed by atoms with Crippen LogP contribution in [0.2, 0.25) is 0 Å². The second-order valence-electron chi connectivity index (χ2n) is 2.03. The van der Waals surface area contributed by atoms with Gasteiger partial charge in [-0.05, 0) is 13.0 Å². The summed E-state index contributed by atoms with van der Waals surface area (Å²) in [6.45, 7) is 0.709. The van der Waals surface area contributed by atoms with E-state index in [-0.39, 0.29) is 25.8 Å². The normalized spacial score (nSPS) is 7.92. The standard InChI is InChI=1S/C8H10N.CH2Cl2.Pd/c9-7-6-8-4-2-1-3-5-8;2-1-3;/h1-4H,6-7,9H2;1H2;/q-1;;. The molecule has 1 aromatic rings. The summed E-state index contributed by atoms with van der Waals surface area (Å²) in [7, 11) is 0. The third-order valence-electron chi connectivity index (χ3n) is 1.19. The van der Waals surface area contributed by atoms with E-state index in [1.54, 1.807) is 0 Å². The fourth-order valence-corrected chi connectivity index (χ4v) is 0.742. The van der Waals surface area contributed by atoms with Crippen molar-refractivity contribution in [3.63, 3.8) is 0 Å². The summed E-state index contributed by atoms with van der Waals surface area (Å²) < 4.78 is 0. The van der Waals surface area contributed by atoms with Crippen LogP contribution >= 0.6 is 23.2 Å². The van der Waals surface area contributed by atoms with Gasteiger partial charge in [0.15, 0.2) is 0 Å². The third-order valence-corrected chi connectivity index (χ3v) is 1.19. The van der Waals surface area contributed by atoms with Crippen LogP contribution in [0.25, 0.3) is 0 Å². The zero-order valence-corrected chi connectivity index (χ0v) is 10.1. The number of halogens is 2. The van der Waals surface area contributed by atoms with Crippen molar-refractivity contribution in [1.82, 2.24) is 0 Å². The fraction of sp³-hybridized carbons (Fsp3) is 0.333. The SMILES string of the molecule is ClCCl.NCCc1[c-]cccc1.[Pd]. The van der Waals surface area contributed by atoms with Gasteiger partial charge in [-0.1, -0.05) is 0 Å². The van der Waals surface area contributed by atoms with Crippen LogP contribution in [-0.2, 0) is 26.8 Å². The summed E-state index contributed by atoms with van der Waals surface area (Å²) >= 11 is 9.53. The second-order valence-corrected chi connectivity index (χ2v) is 2.84. The first-order chi connectivity index (χ1) is 5.85. The maximum absolute atomic E-state index is 5.34. The molecule has 0 aliphatic heterocycles. The van der Waals surface area contributed by atoms with E-state index in [0.29, 0.717) is 6.54 Å². The smallest absolute Gasteiger partial charge is 0.0967 e. The van der Waals surface area contributed by atoms with E-state index >= 15 is 0 Å². The van der Waals surface area contributed by atoms with Crippen molar-refractivity contribution in [3.8, 4) is 0 Å². The van der Waals surface area contributed by atoms with Gasteiger partial charge in [0.2, 0.25) is 0 Å². The molecule has 0 heterocycles. The van der Waals surface area contributed by atoms with Crippen molar-refractivity contribution >= 4 is 23.2 Å². The van der Waals surface area contributed by atoms with Crippen LogP contribution in [-0.4, -0.2) is 11.9 Å². The second kappa shape index (κ2) is 12.4. The third kappa shape index (κ3) is 10.3. The molecule has 2 N–H and O–H groups in total. The zero-order chi connectivity index (χ0) is 9.23. The molecule has 1 aromatic carbocycles. The van der Waals surface area contributed by atoms with Crippen LogP contribution in [0.4, 0.5) is 0 Å². The van der Waals surface area contributed by atoms with Gasteiger partial charge in [-0.2, -0.15) is 35.9 Å². The minimum Gasteiger partial charge on any atom is -0.330 e. The summed E-state index contributed by atoms with van der Waals surface area (Å²) in [5.74, 6) is 0. The molecule has 0 radical (unpaired) electrons. The largest absolute Gasteiger partial charge is 0.330 e. The quantitative estimate of drug-likeness (QED) is 0.507. The van der Waals surface area contributed by atoms with Crippen LogP contribution in [0.1, 0.15) is 5.56 Å². The van der Waals surface area contributed by atoms with Gasteiger partial charge < -0.3 is 5.73 Å². The molecule has 0 aliphatic rings. The Bertz CT molecular complexity index is 182. The van der Waals surface area contributed by atoms with E-state index in [0.717, 1.165) is 6.42 Å². The molecule has 78 valence electrons. The van der Waals surface area contributed by atoms with Crippen molar-refractivity contribution < 1.29 is 20.4 Å². The Morgan fingerprint density at radius 2 is 1.92 bits per heavy atom. The van der Waals surface area contributed by atoms with E-state index < -0.39 is 0 Å². The van der Waals surface area contributed by atoms with Crippen LogP contribution in [0.5, 0.6) is 0 Å².